The van der Waals surface area contributed by atoms with Gasteiger partial charge >= 0.3 is 0 Å². The fourth-order valence-electron chi connectivity index (χ4n) is 2.44. The first-order valence-corrected chi connectivity index (χ1v) is 6.80. The van der Waals surface area contributed by atoms with Gasteiger partial charge in [-0.15, -0.1) is 0 Å². The first kappa shape index (κ1) is 13.5. The molecule has 1 aliphatic rings. The molecule has 1 fully saturated rings. The third-order valence-electron chi connectivity index (χ3n) is 3.65. The van der Waals surface area contributed by atoms with Crippen LogP contribution in [-0.4, -0.2) is 40.9 Å². The molecule has 1 aromatic rings. The Hall–Kier alpha value is -0.900. The maximum atomic E-state index is 10.3. The van der Waals surface area contributed by atoms with E-state index in [9.17, 15) is 5.11 Å². The van der Waals surface area contributed by atoms with Crippen LogP contribution < -0.4 is 0 Å². The largest absolute Gasteiger partial charge is 0.395 e. The zero-order valence-corrected chi connectivity index (χ0v) is 11.0. The molecule has 0 heterocycles. The number of aliphatic hydroxyl groups is 2. The summed E-state index contributed by atoms with van der Waals surface area (Å²) in [5.41, 5.74) is 0.977. The number of hydrogen-bond acceptors (Lipinski definition) is 3. The quantitative estimate of drug-likeness (QED) is 0.774. The molecule has 3 nitrogen and oxygen atoms in total. The second-order valence-electron chi connectivity index (χ2n) is 5.28. The third-order valence-corrected chi connectivity index (χ3v) is 3.65. The minimum Gasteiger partial charge on any atom is -0.395 e. The molecule has 3 heteroatoms. The highest BCUT2D eigenvalue weighted by molar-refractivity contribution is 5.17. The highest BCUT2D eigenvalue weighted by atomic mass is 16.3. The molecule has 0 saturated heterocycles. The molecule has 0 aliphatic heterocycles. The van der Waals surface area contributed by atoms with E-state index in [1.165, 1.54) is 12.8 Å². The Morgan fingerprint density at radius 1 is 1.28 bits per heavy atom. The number of rotatable bonds is 7. The normalized spacial score (nSPS) is 18.9. The first-order chi connectivity index (χ1) is 8.72. The lowest BCUT2D eigenvalue weighted by molar-refractivity contribution is 0.0787. The van der Waals surface area contributed by atoms with Crippen molar-refractivity contribution < 1.29 is 10.2 Å². The summed E-state index contributed by atoms with van der Waals surface area (Å²) < 4.78 is 0. The third kappa shape index (κ3) is 3.55. The monoisotopic (exact) mass is 249 g/mol. The van der Waals surface area contributed by atoms with Gasteiger partial charge in [-0.05, 0) is 24.3 Å². The van der Waals surface area contributed by atoms with Crippen molar-refractivity contribution in [2.24, 2.45) is 5.92 Å². The van der Waals surface area contributed by atoms with Crippen LogP contribution in [-0.2, 0) is 0 Å². The van der Waals surface area contributed by atoms with Crippen LogP contribution >= 0.6 is 0 Å². The average molecular weight is 249 g/mol. The van der Waals surface area contributed by atoms with Crippen LogP contribution in [0.1, 0.15) is 31.4 Å². The molecule has 0 aromatic heterocycles. The van der Waals surface area contributed by atoms with E-state index in [0.29, 0.717) is 6.04 Å². The van der Waals surface area contributed by atoms with Gasteiger partial charge in [-0.1, -0.05) is 37.3 Å². The van der Waals surface area contributed by atoms with Crippen LogP contribution in [0, 0.1) is 5.92 Å². The van der Waals surface area contributed by atoms with Gasteiger partial charge in [0.05, 0.1) is 12.7 Å². The summed E-state index contributed by atoms with van der Waals surface area (Å²) in [7, 11) is 0. The molecule has 0 bridgehead atoms. The van der Waals surface area contributed by atoms with Crippen molar-refractivity contribution in [3.63, 3.8) is 0 Å². The van der Waals surface area contributed by atoms with Crippen molar-refractivity contribution in [2.45, 2.75) is 31.9 Å². The number of hydrogen-bond donors (Lipinski definition) is 2. The number of benzene rings is 1. The lowest BCUT2D eigenvalue weighted by Gasteiger charge is -2.27. The Balaban J connectivity index is 1.91. The van der Waals surface area contributed by atoms with Crippen LogP contribution in [0.5, 0.6) is 0 Å². The predicted octanol–water partition coefficient (Wildman–Crippen LogP) is 1.81. The smallest absolute Gasteiger partial charge is 0.0827 e. The minimum absolute atomic E-state index is 0.180. The first-order valence-electron chi connectivity index (χ1n) is 6.80. The SMILES string of the molecule is CC(CN(CCO)C1CC1)C(O)c1ccccc1. The van der Waals surface area contributed by atoms with E-state index in [4.69, 9.17) is 5.11 Å². The topological polar surface area (TPSA) is 43.7 Å². The van der Waals surface area contributed by atoms with Gasteiger partial charge in [-0.25, -0.2) is 0 Å². The van der Waals surface area contributed by atoms with E-state index < -0.39 is 6.10 Å². The van der Waals surface area contributed by atoms with E-state index in [-0.39, 0.29) is 12.5 Å². The molecule has 100 valence electrons. The van der Waals surface area contributed by atoms with Crippen molar-refractivity contribution in [1.29, 1.82) is 0 Å². The Morgan fingerprint density at radius 2 is 1.94 bits per heavy atom. The lowest BCUT2D eigenvalue weighted by Crippen LogP contribution is -2.35. The lowest BCUT2D eigenvalue weighted by atomic mass is 9.97. The highest BCUT2D eigenvalue weighted by Gasteiger charge is 2.30. The second-order valence-corrected chi connectivity index (χ2v) is 5.28. The van der Waals surface area contributed by atoms with E-state index in [1.54, 1.807) is 0 Å². The summed E-state index contributed by atoms with van der Waals surface area (Å²) in [5, 5.41) is 19.4. The Morgan fingerprint density at radius 3 is 2.50 bits per heavy atom. The van der Waals surface area contributed by atoms with Crippen molar-refractivity contribution in [3.05, 3.63) is 35.9 Å². The number of aliphatic hydroxyl groups excluding tert-OH is 2. The fourth-order valence-corrected chi connectivity index (χ4v) is 2.44. The summed E-state index contributed by atoms with van der Waals surface area (Å²) in [6, 6.07) is 10.4. The molecule has 0 spiro atoms. The molecular formula is C15H23NO2. The van der Waals surface area contributed by atoms with Gasteiger partial charge in [-0.3, -0.25) is 4.90 Å². The Labute approximate surface area is 109 Å². The zero-order chi connectivity index (χ0) is 13.0. The van der Waals surface area contributed by atoms with E-state index >= 15 is 0 Å². The standard InChI is InChI=1S/C15H23NO2/c1-12(11-16(9-10-17)14-7-8-14)15(18)13-5-3-2-4-6-13/h2-6,12,14-15,17-18H,7-11H2,1H3. The van der Waals surface area contributed by atoms with E-state index in [2.05, 4.69) is 11.8 Å². The molecule has 2 N–H and O–H groups in total. The average Bonchev–Trinajstić information content (AvgIpc) is 3.22. The van der Waals surface area contributed by atoms with Crippen molar-refractivity contribution >= 4 is 0 Å². The molecule has 1 aliphatic carbocycles. The molecule has 1 aromatic carbocycles. The molecule has 2 unspecified atom stereocenters. The van der Waals surface area contributed by atoms with Crippen LogP contribution in [0.4, 0.5) is 0 Å². The summed E-state index contributed by atoms with van der Waals surface area (Å²) in [6.45, 7) is 3.84. The van der Waals surface area contributed by atoms with Crippen LogP contribution in [0.3, 0.4) is 0 Å². The second kappa shape index (κ2) is 6.32. The van der Waals surface area contributed by atoms with Crippen LogP contribution in [0.2, 0.25) is 0 Å². The van der Waals surface area contributed by atoms with E-state index in [0.717, 1.165) is 18.7 Å². The molecule has 1 saturated carbocycles. The Kier molecular flexibility index (Phi) is 4.75. The van der Waals surface area contributed by atoms with Gasteiger partial charge in [0.25, 0.3) is 0 Å². The fraction of sp³-hybridized carbons (Fsp3) is 0.600. The summed E-state index contributed by atoms with van der Waals surface area (Å²) in [4.78, 5) is 2.30. The van der Waals surface area contributed by atoms with Gasteiger partial charge < -0.3 is 10.2 Å². The van der Waals surface area contributed by atoms with Crippen LogP contribution in [0.25, 0.3) is 0 Å². The molecule has 0 amide bonds. The van der Waals surface area contributed by atoms with Gasteiger partial charge in [0.15, 0.2) is 0 Å². The molecule has 0 radical (unpaired) electrons. The maximum Gasteiger partial charge on any atom is 0.0827 e. The summed E-state index contributed by atoms with van der Waals surface area (Å²) in [5.74, 6) is 0.180. The van der Waals surface area contributed by atoms with Gasteiger partial charge in [0.2, 0.25) is 0 Å². The maximum absolute atomic E-state index is 10.3. The van der Waals surface area contributed by atoms with Crippen molar-refractivity contribution in [3.8, 4) is 0 Å². The van der Waals surface area contributed by atoms with Crippen LogP contribution in [0.15, 0.2) is 30.3 Å². The van der Waals surface area contributed by atoms with Gasteiger partial charge in [0.1, 0.15) is 0 Å². The van der Waals surface area contributed by atoms with E-state index in [1.807, 2.05) is 30.3 Å². The predicted molar refractivity (Wildman–Crippen MR) is 72.2 cm³/mol. The highest BCUT2D eigenvalue weighted by Crippen LogP contribution is 2.29. The molecule has 18 heavy (non-hydrogen) atoms. The van der Waals surface area contributed by atoms with Gasteiger partial charge in [0, 0.05) is 19.1 Å². The summed E-state index contributed by atoms with van der Waals surface area (Å²) >= 11 is 0. The number of nitrogens with zero attached hydrogens (tertiary/aromatic N) is 1. The Bertz CT molecular complexity index is 351. The zero-order valence-electron chi connectivity index (χ0n) is 11.0. The van der Waals surface area contributed by atoms with Crippen molar-refractivity contribution in [2.75, 3.05) is 19.7 Å². The minimum atomic E-state index is -0.425. The van der Waals surface area contributed by atoms with Gasteiger partial charge in [-0.2, -0.15) is 0 Å². The summed E-state index contributed by atoms with van der Waals surface area (Å²) in [6.07, 6.45) is 2.04. The molecular weight excluding hydrogens is 226 g/mol. The molecule has 2 rings (SSSR count). The van der Waals surface area contributed by atoms with Crippen molar-refractivity contribution in [1.82, 2.24) is 4.90 Å². The molecule has 2 atom stereocenters.